The lowest BCUT2D eigenvalue weighted by atomic mass is 9.92. The van der Waals surface area contributed by atoms with Gasteiger partial charge >= 0.3 is 0 Å². The van der Waals surface area contributed by atoms with E-state index in [-0.39, 0.29) is 5.82 Å². The zero-order valence-corrected chi connectivity index (χ0v) is 21.8. The minimum absolute atomic E-state index is 0.304. The molecule has 0 aliphatic heterocycles. The van der Waals surface area contributed by atoms with Crippen molar-refractivity contribution in [3.8, 4) is 45.3 Å². The summed E-state index contributed by atoms with van der Waals surface area (Å²) in [6.45, 7) is 0. The molecule has 41 heavy (non-hydrogen) atoms. The Hall–Kier alpha value is -5.55. The van der Waals surface area contributed by atoms with Gasteiger partial charge in [-0.3, -0.25) is 4.98 Å². The summed E-state index contributed by atoms with van der Waals surface area (Å²) in [5.41, 5.74) is 4.69. The zero-order chi connectivity index (χ0) is 27.3. The first-order chi connectivity index (χ1) is 20.2. The fourth-order valence-electron chi connectivity index (χ4n) is 5.64. The molecule has 0 atom stereocenters. The summed E-state index contributed by atoms with van der Waals surface area (Å²) in [5.74, 6) is 1.32. The summed E-state index contributed by atoms with van der Waals surface area (Å²) in [7, 11) is 0. The van der Waals surface area contributed by atoms with E-state index in [2.05, 4.69) is 71.7 Å². The second-order valence-electron chi connectivity index (χ2n) is 10.1. The molecule has 8 rings (SSSR count). The van der Waals surface area contributed by atoms with Gasteiger partial charge in [-0.25, -0.2) is 19.3 Å². The Morgan fingerprint density at radius 2 is 0.927 bits per heavy atom. The van der Waals surface area contributed by atoms with Gasteiger partial charge in [-0.2, -0.15) is 0 Å². The highest BCUT2D eigenvalue weighted by atomic mass is 19.1. The minimum Gasteiger partial charge on any atom is -0.265 e. The lowest BCUT2D eigenvalue weighted by Gasteiger charge is -2.14. The second-order valence-corrected chi connectivity index (χ2v) is 10.1. The smallest absolute Gasteiger partial charge is 0.164 e. The van der Waals surface area contributed by atoms with E-state index in [9.17, 15) is 4.39 Å². The van der Waals surface area contributed by atoms with Gasteiger partial charge in [0.05, 0.1) is 0 Å². The third kappa shape index (κ3) is 3.98. The van der Waals surface area contributed by atoms with E-state index in [4.69, 9.17) is 15.0 Å². The van der Waals surface area contributed by atoms with Crippen molar-refractivity contribution in [1.29, 1.82) is 0 Å². The molecule has 0 amide bonds. The maximum atomic E-state index is 13.8. The molecular weight excluding hydrogens is 507 g/mol. The van der Waals surface area contributed by atoms with E-state index >= 15 is 0 Å². The van der Waals surface area contributed by atoms with E-state index in [0.29, 0.717) is 17.5 Å². The van der Waals surface area contributed by atoms with Crippen molar-refractivity contribution in [2.45, 2.75) is 0 Å². The van der Waals surface area contributed by atoms with Crippen molar-refractivity contribution in [2.24, 2.45) is 0 Å². The van der Waals surface area contributed by atoms with Gasteiger partial charge in [0.2, 0.25) is 0 Å². The van der Waals surface area contributed by atoms with Crippen molar-refractivity contribution in [2.75, 3.05) is 0 Å². The number of rotatable bonds is 4. The van der Waals surface area contributed by atoms with Crippen LogP contribution in [0.4, 0.5) is 4.39 Å². The minimum atomic E-state index is -0.304. The number of aromatic nitrogens is 4. The summed E-state index contributed by atoms with van der Waals surface area (Å²) >= 11 is 0. The molecule has 0 N–H and O–H groups in total. The van der Waals surface area contributed by atoms with E-state index in [0.717, 1.165) is 33.2 Å². The van der Waals surface area contributed by atoms with Crippen LogP contribution in [0.5, 0.6) is 0 Å². The summed E-state index contributed by atoms with van der Waals surface area (Å²) < 4.78 is 13.8. The molecule has 0 saturated carbocycles. The van der Waals surface area contributed by atoms with Crippen LogP contribution in [-0.2, 0) is 0 Å². The fourth-order valence-corrected chi connectivity index (χ4v) is 5.64. The Bertz CT molecular complexity index is 2180. The Kier molecular flexibility index (Phi) is 5.28. The third-order valence-electron chi connectivity index (χ3n) is 7.66. The number of halogens is 1. The highest BCUT2D eigenvalue weighted by Gasteiger charge is 2.17. The molecule has 0 spiro atoms. The Morgan fingerprint density at radius 3 is 1.61 bits per heavy atom. The van der Waals surface area contributed by atoms with E-state index in [1.807, 2.05) is 24.3 Å². The molecule has 0 saturated heterocycles. The van der Waals surface area contributed by atoms with Crippen LogP contribution >= 0.6 is 0 Å². The molecule has 192 valence electrons. The molecule has 4 nitrogen and oxygen atoms in total. The standard InChI is InChI=1S/C36H21FN4/c37-29-14-10-28(11-15-29)35-39-34(27-8-4-22(5-9-27)23-18-20-38-21-19-23)40-36(41-35)31-17-13-26-7-6-24-2-1-3-25-12-16-30(31)33(26)32(24)25/h1-21H. The third-order valence-corrected chi connectivity index (χ3v) is 7.66. The number of pyridine rings is 1. The van der Waals surface area contributed by atoms with E-state index < -0.39 is 0 Å². The van der Waals surface area contributed by atoms with Crippen LogP contribution in [0.2, 0.25) is 0 Å². The van der Waals surface area contributed by atoms with Gasteiger partial charge in [-0.1, -0.05) is 72.8 Å². The lowest BCUT2D eigenvalue weighted by molar-refractivity contribution is 0.628. The van der Waals surface area contributed by atoms with E-state index in [1.165, 1.54) is 39.1 Å². The van der Waals surface area contributed by atoms with Crippen LogP contribution in [0.25, 0.3) is 77.6 Å². The highest BCUT2D eigenvalue weighted by molar-refractivity contribution is 6.25. The van der Waals surface area contributed by atoms with Gasteiger partial charge in [-0.05, 0) is 85.9 Å². The van der Waals surface area contributed by atoms with Gasteiger partial charge in [0.1, 0.15) is 5.82 Å². The molecule has 8 aromatic rings. The Morgan fingerprint density at radius 1 is 0.415 bits per heavy atom. The van der Waals surface area contributed by atoms with Crippen LogP contribution in [-0.4, -0.2) is 19.9 Å². The molecule has 0 bridgehead atoms. The molecule has 0 unspecified atom stereocenters. The molecular formula is C36H21FN4. The van der Waals surface area contributed by atoms with Crippen molar-refractivity contribution in [3.63, 3.8) is 0 Å². The molecule has 2 heterocycles. The van der Waals surface area contributed by atoms with Gasteiger partial charge in [0.15, 0.2) is 17.5 Å². The van der Waals surface area contributed by atoms with Crippen LogP contribution in [0.15, 0.2) is 128 Å². The topological polar surface area (TPSA) is 51.6 Å². The summed E-state index contributed by atoms with van der Waals surface area (Å²) in [6.07, 6.45) is 3.57. The number of hydrogen-bond acceptors (Lipinski definition) is 4. The summed E-state index contributed by atoms with van der Waals surface area (Å²) in [6, 6.07) is 37.7. The SMILES string of the molecule is Fc1ccc(-c2nc(-c3ccc(-c4ccncc4)cc3)nc(-c3ccc4ccc5cccc6ccc3c4c56)n2)cc1. The quantitative estimate of drug-likeness (QED) is 0.214. The molecule has 0 aliphatic carbocycles. The summed E-state index contributed by atoms with van der Waals surface area (Å²) in [4.78, 5) is 18.9. The average molecular weight is 529 g/mol. The van der Waals surface area contributed by atoms with E-state index in [1.54, 1.807) is 24.5 Å². The van der Waals surface area contributed by atoms with Crippen molar-refractivity contribution < 1.29 is 4.39 Å². The van der Waals surface area contributed by atoms with Gasteiger partial charge in [0, 0.05) is 29.1 Å². The van der Waals surface area contributed by atoms with Gasteiger partial charge in [-0.15, -0.1) is 0 Å². The number of nitrogens with zero attached hydrogens (tertiary/aromatic N) is 4. The molecule has 2 aromatic heterocycles. The van der Waals surface area contributed by atoms with Crippen molar-refractivity contribution in [1.82, 2.24) is 19.9 Å². The fraction of sp³-hybridized carbons (Fsp3) is 0. The molecule has 6 aromatic carbocycles. The lowest BCUT2D eigenvalue weighted by Crippen LogP contribution is -2.01. The van der Waals surface area contributed by atoms with Gasteiger partial charge in [0.25, 0.3) is 0 Å². The molecule has 0 fully saturated rings. The van der Waals surface area contributed by atoms with Crippen LogP contribution in [0.3, 0.4) is 0 Å². The summed E-state index contributed by atoms with van der Waals surface area (Å²) in [5, 5.41) is 7.11. The largest absolute Gasteiger partial charge is 0.265 e. The van der Waals surface area contributed by atoms with Crippen molar-refractivity contribution in [3.05, 3.63) is 133 Å². The molecule has 5 heteroatoms. The average Bonchev–Trinajstić information content (AvgIpc) is 3.04. The maximum Gasteiger partial charge on any atom is 0.164 e. The number of benzene rings is 6. The molecule has 0 radical (unpaired) electrons. The monoisotopic (exact) mass is 528 g/mol. The Labute approximate surface area is 235 Å². The first-order valence-electron chi connectivity index (χ1n) is 13.4. The van der Waals surface area contributed by atoms with Crippen LogP contribution in [0, 0.1) is 5.82 Å². The normalized spacial score (nSPS) is 11.5. The zero-order valence-electron chi connectivity index (χ0n) is 21.8. The van der Waals surface area contributed by atoms with Crippen molar-refractivity contribution >= 4 is 32.3 Å². The van der Waals surface area contributed by atoms with Crippen LogP contribution < -0.4 is 0 Å². The maximum absolute atomic E-state index is 13.8. The van der Waals surface area contributed by atoms with Crippen LogP contribution in [0.1, 0.15) is 0 Å². The Balaban J connectivity index is 1.34. The predicted octanol–water partition coefficient (Wildman–Crippen LogP) is 8.97. The first kappa shape index (κ1) is 23.3. The first-order valence-corrected chi connectivity index (χ1v) is 13.4. The number of hydrogen-bond donors (Lipinski definition) is 0. The predicted molar refractivity (Wildman–Crippen MR) is 163 cm³/mol. The second kappa shape index (κ2) is 9.28. The molecule has 0 aliphatic rings. The highest BCUT2D eigenvalue weighted by Crippen LogP contribution is 2.39. The van der Waals surface area contributed by atoms with Gasteiger partial charge < -0.3 is 0 Å².